The van der Waals surface area contributed by atoms with E-state index in [0.717, 1.165) is 36.1 Å². The fourth-order valence-corrected chi connectivity index (χ4v) is 2.23. The third kappa shape index (κ3) is 3.90. The fraction of sp³-hybridized carbons (Fsp3) is 0.389. The summed E-state index contributed by atoms with van der Waals surface area (Å²) in [5.74, 6) is 6.04. The van der Waals surface area contributed by atoms with Gasteiger partial charge in [-0.1, -0.05) is 25.7 Å². The van der Waals surface area contributed by atoms with Crippen LogP contribution in [0.1, 0.15) is 36.8 Å². The molecular weight excluding hydrogens is 276 g/mol. The monoisotopic (exact) mass is 298 g/mol. The molecule has 4 heteroatoms. The van der Waals surface area contributed by atoms with E-state index in [1.165, 1.54) is 0 Å². The van der Waals surface area contributed by atoms with E-state index in [1.54, 1.807) is 6.92 Å². The number of esters is 1. The van der Waals surface area contributed by atoms with Crippen molar-refractivity contribution in [3.05, 3.63) is 35.5 Å². The summed E-state index contributed by atoms with van der Waals surface area (Å²) in [5.41, 5.74) is 2.34. The number of H-pyrrole nitrogens is 1. The number of aromatic nitrogens is 1. The first-order valence-corrected chi connectivity index (χ1v) is 7.69. The van der Waals surface area contributed by atoms with Gasteiger partial charge in [0.1, 0.15) is 5.69 Å². The number of benzene rings is 1. The van der Waals surface area contributed by atoms with Crippen molar-refractivity contribution in [2.45, 2.75) is 20.8 Å². The molecule has 0 unspecified atom stereocenters. The number of nitrogens with one attached hydrogen (secondary N) is 1. The lowest BCUT2D eigenvalue weighted by molar-refractivity contribution is 0.0520. The third-order valence-corrected chi connectivity index (χ3v) is 3.55. The fourth-order valence-electron chi connectivity index (χ4n) is 2.23. The van der Waals surface area contributed by atoms with Gasteiger partial charge in [-0.05, 0) is 44.3 Å². The van der Waals surface area contributed by atoms with Crippen LogP contribution in [0.15, 0.2) is 24.3 Å². The van der Waals surface area contributed by atoms with Crippen molar-refractivity contribution in [3.63, 3.8) is 0 Å². The Kier molecular flexibility index (Phi) is 5.62. The molecule has 2 aromatic rings. The van der Waals surface area contributed by atoms with E-state index in [2.05, 4.69) is 35.6 Å². The van der Waals surface area contributed by atoms with Gasteiger partial charge in [0.05, 0.1) is 13.2 Å². The molecule has 116 valence electrons. The number of carbonyl (C=O) groups is 1. The number of nitrogens with zero attached hydrogens (tertiary/aromatic N) is 1. The molecule has 1 aromatic carbocycles. The second-order valence-corrected chi connectivity index (χ2v) is 4.97. The van der Waals surface area contributed by atoms with Crippen LogP contribution in [0.25, 0.3) is 10.9 Å². The van der Waals surface area contributed by atoms with Crippen LogP contribution in [-0.2, 0) is 4.74 Å². The topological polar surface area (TPSA) is 45.3 Å². The lowest BCUT2D eigenvalue weighted by Gasteiger charge is -2.13. The van der Waals surface area contributed by atoms with E-state index < -0.39 is 0 Å². The van der Waals surface area contributed by atoms with Crippen LogP contribution in [0.4, 0.5) is 0 Å². The van der Waals surface area contributed by atoms with Crippen LogP contribution in [0.2, 0.25) is 0 Å². The molecule has 0 aliphatic carbocycles. The Bertz CT molecular complexity index is 703. The van der Waals surface area contributed by atoms with E-state index in [4.69, 9.17) is 4.74 Å². The lowest BCUT2D eigenvalue weighted by atomic mass is 10.1. The predicted octanol–water partition coefficient (Wildman–Crippen LogP) is 3.04. The molecule has 1 N–H and O–H groups in total. The maximum atomic E-state index is 11.7. The molecule has 0 atom stereocenters. The van der Waals surface area contributed by atoms with Gasteiger partial charge >= 0.3 is 5.97 Å². The smallest absolute Gasteiger partial charge is 0.354 e. The predicted molar refractivity (Wildman–Crippen MR) is 88.9 cm³/mol. The SMILES string of the molecule is CCOC(=O)c1cc2cc(C#CCN(CC)CC)ccc2[nH]1. The molecule has 0 aliphatic rings. The Morgan fingerprint density at radius 1 is 1.23 bits per heavy atom. The van der Waals surface area contributed by atoms with Gasteiger partial charge in [-0.25, -0.2) is 4.79 Å². The van der Waals surface area contributed by atoms with Gasteiger partial charge in [-0.2, -0.15) is 0 Å². The lowest BCUT2D eigenvalue weighted by Crippen LogP contribution is -2.22. The molecule has 4 nitrogen and oxygen atoms in total. The molecule has 0 radical (unpaired) electrons. The number of fused-ring (bicyclic) bond motifs is 1. The average Bonchev–Trinajstić information content (AvgIpc) is 2.95. The zero-order valence-corrected chi connectivity index (χ0v) is 13.4. The second-order valence-electron chi connectivity index (χ2n) is 4.97. The van der Waals surface area contributed by atoms with Crippen LogP contribution >= 0.6 is 0 Å². The Labute approximate surface area is 131 Å². The molecule has 0 bridgehead atoms. The highest BCUT2D eigenvalue weighted by Gasteiger charge is 2.10. The molecular formula is C18H22N2O2. The molecule has 1 aromatic heterocycles. The second kappa shape index (κ2) is 7.67. The highest BCUT2D eigenvalue weighted by molar-refractivity contribution is 5.95. The summed E-state index contributed by atoms with van der Waals surface area (Å²) in [6.07, 6.45) is 0. The van der Waals surface area contributed by atoms with E-state index in [-0.39, 0.29) is 5.97 Å². The Hall–Kier alpha value is -2.25. The Morgan fingerprint density at radius 3 is 2.68 bits per heavy atom. The van der Waals surface area contributed by atoms with Crippen molar-refractivity contribution < 1.29 is 9.53 Å². The summed E-state index contributed by atoms with van der Waals surface area (Å²) in [4.78, 5) is 17.1. The van der Waals surface area contributed by atoms with E-state index in [0.29, 0.717) is 12.3 Å². The highest BCUT2D eigenvalue weighted by Crippen LogP contribution is 2.17. The first-order valence-electron chi connectivity index (χ1n) is 7.69. The van der Waals surface area contributed by atoms with Gasteiger partial charge in [0.15, 0.2) is 0 Å². The summed E-state index contributed by atoms with van der Waals surface area (Å²) in [6, 6.07) is 7.70. The van der Waals surface area contributed by atoms with Crippen molar-refractivity contribution in [2.24, 2.45) is 0 Å². The van der Waals surface area contributed by atoms with Crippen LogP contribution in [0.3, 0.4) is 0 Å². The van der Waals surface area contributed by atoms with Crippen molar-refractivity contribution in [3.8, 4) is 11.8 Å². The number of hydrogen-bond acceptors (Lipinski definition) is 3. The number of ether oxygens (including phenoxy) is 1. The molecule has 22 heavy (non-hydrogen) atoms. The van der Waals surface area contributed by atoms with Gasteiger partial charge in [0.2, 0.25) is 0 Å². The number of hydrogen-bond donors (Lipinski definition) is 1. The van der Waals surface area contributed by atoms with Gasteiger partial charge in [0, 0.05) is 16.5 Å². The highest BCUT2D eigenvalue weighted by atomic mass is 16.5. The van der Waals surface area contributed by atoms with Gasteiger partial charge < -0.3 is 9.72 Å². The first-order chi connectivity index (χ1) is 10.7. The van der Waals surface area contributed by atoms with Crippen molar-refractivity contribution in [2.75, 3.05) is 26.2 Å². The minimum Gasteiger partial charge on any atom is -0.461 e. The number of carbonyl (C=O) groups excluding carboxylic acids is 1. The van der Waals surface area contributed by atoms with Crippen molar-refractivity contribution in [1.82, 2.24) is 9.88 Å². The Balaban J connectivity index is 2.17. The van der Waals surface area contributed by atoms with Crippen molar-refractivity contribution >= 4 is 16.9 Å². The van der Waals surface area contributed by atoms with E-state index in [9.17, 15) is 4.79 Å². The summed E-state index contributed by atoms with van der Waals surface area (Å²) in [5, 5.41) is 0.970. The maximum Gasteiger partial charge on any atom is 0.354 e. The molecule has 0 saturated heterocycles. The average molecular weight is 298 g/mol. The summed E-state index contributed by atoms with van der Waals surface area (Å²) in [6.45, 7) is 9.21. The Morgan fingerprint density at radius 2 is 2.00 bits per heavy atom. The van der Waals surface area contributed by atoms with E-state index >= 15 is 0 Å². The molecule has 2 rings (SSSR count). The third-order valence-electron chi connectivity index (χ3n) is 3.55. The molecule has 1 heterocycles. The van der Waals surface area contributed by atoms with Gasteiger partial charge in [-0.15, -0.1) is 0 Å². The maximum absolute atomic E-state index is 11.7. The van der Waals surface area contributed by atoms with Crippen LogP contribution in [0.5, 0.6) is 0 Å². The van der Waals surface area contributed by atoms with Crippen LogP contribution in [-0.4, -0.2) is 42.1 Å². The van der Waals surface area contributed by atoms with Gasteiger partial charge in [0.25, 0.3) is 0 Å². The molecule has 0 spiro atoms. The summed E-state index contributed by atoms with van der Waals surface area (Å²) in [7, 11) is 0. The summed E-state index contributed by atoms with van der Waals surface area (Å²) >= 11 is 0. The number of rotatable bonds is 5. The van der Waals surface area contributed by atoms with E-state index in [1.807, 2.05) is 24.3 Å². The normalized spacial score (nSPS) is 10.5. The van der Waals surface area contributed by atoms with Crippen molar-refractivity contribution in [1.29, 1.82) is 0 Å². The molecule has 0 fully saturated rings. The standard InChI is InChI=1S/C18H22N2O2/c1-4-20(5-2)11-7-8-14-9-10-16-15(12-14)13-17(19-16)18(21)22-6-3/h9-10,12-13,19H,4-6,11H2,1-3H3. The minimum atomic E-state index is -0.326. The zero-order chi connectivity index (χ0) is 15.9. The quantitative estimate of drug-likeness (QED) is 0.681. The molecule has 0 saturated carbocycles. The van der Waals surface area contributed by atoms with Crippen LogP contribution in [0, 0.1) is 11.8 Å². The largest absolute Gasteiger partial charge is 0.461 e. The van der Waals surface area contributed by atoms with Crippen LogP contribution < -0.4 is 0 Å². The molecule has 0 aliphatic heterocycles. The molecule has 0 amide bonds. The number of aromatic amines is 1. The van der Waals surface area contributed by atoms with Gasteiger partial charge in [-0.3, -0.25) is 4.90 Å². The zero-order valence-electron chi connectivity index (χ0n) is 13.4. The first kappa shape index (κ1) is 16.1. The minimum absolute atomic E-state index is 0.326. The summed E-state index contributed by atoms with van der Waals surface area (Å²) < 4.78 is 5.00.